The highest BCUT2D eigenvalue weighted by molar-refractivity contribution is 6.30. The minimum Gasteiger partial charge on any atom is -0.387 e. The Labute approximate surface area is 118 Å². The fourth-order valence-corrected chi connectivity index (χ4v) is 2.40. The zero-order valence-electron chi connectivity index (χ0n) is 10.9. The molecule has 19 heavy (non-hydrogen) atoms. The summed E-state index contributed by atoms with van der Waals surface area (Å²) >= 11 is 5.79. The van der Waals surface area contributed by atoms with Gasteiger partial charge in [-0.05, 0) is 44.0 Å². The van der Waals surface area contributed by atoms with Gasteiger partial charge in [0.1, 0.15) is 0 Å². The molecule has 1 aliphatic heterocycles. The van der Waals surface area contributed by atoms with Crippen LogP contribution in [0.15, 0.2) is 24.3 Å². The van der Waals surface area contributed by atoms with Gasteiger partial charge in [-0.15, -0.1) is 0 Å². The lowest BCUT2D eigenvalue weighted by Crippen LogP contribution is -2.51. The number of hydrogen-bond donors (Lipinski definition) is 3. The number of nitrogens with one attached hydrogen (secondary N) is 2. The molecule has 1 saturated heterocycles. The molecular weight excluding hydrogens is 264 g/mol. The molecular formula is C14H19ClN2O2. The Balaban J connectivity index is 1.88. The maximum atomic E-state index is 12.1. The number of aliphatic hydroxyl groups excluding tert-OH is 1. The second-order valence-electron chi connectivity index (χ2n) is 5.14. The average Bonchev–Trinajstić information content (AvgIpc) is 2.84. The quantitative estimate of drug-likeness (QED) is 0.787. The third-order valence-corrected chi connectivity index (χ3v) is 3.83. The monoisotopic (exact) mass is 282 g/mol. The van der Waals surface area contributed by atoms with E-state index in [0.717, 1.165) is 24.9 Å². The first-order valence-electron chi connectivity index (χ1n) is 6.48. The molecule has 0 bridgehead atoms. The first kappa shape index (κ1) is 14.3. The first-order valence-corrected chi connectivity index (χ1v) is 6.86. The molecule has 2 unspecified atom stereocenters. The van der Waals surface area contributed by atoms with Crippen LogP contribution in [-0.4, -0.2) is 29.6 Å². The van der Waals surface area contributed by atoms with Crippen LogP contribution in [0.2, 0.25) is 5.02 Å². The third kappa shape index (κ3) is 3.47. The lowest BCUT2D eigenvalue weighted by molar-refractivity contribution is -0.127. The van der Waals surface area contributed by atoms with Crippen LogP contribution >= 0.6 is 11.6 Å². The highest BCUT2D eigenvalue weighted by Gasteiger charge is 2.35. The van der Waals surface area contributed by atoms with E-state index in [-0.39, 0.29) is 12.5 Å². The van der Waals surface area contributed by atoms with Crippen LogP contribution in [0.25, 0.3) is 0 Å². The van der Waals surface area contributed by atoms with E-state index in [1.54, 1.807) is 24.3 Å². The summed E-state index contributed by atoms with van der Waals surface area (Å²) in [6.07, 6.45) is 1.12. The van der Waals surface area contributed by atoms with Crippen molar-refractivity contribution < 1.29 is 9.90 Å². The molecule has 1 aliphatic rings. The highest BCUT2D eigenvalue weighted by Crippen LogP contribution is 2.19. The molecule has 4 nitrogen and oxygen atoms in total. The van der Waals surface area contributed by atoms with Gasteiger partial charge in [0, 0.05) is 11.6 Å². The Morgan fingerprint density at radius 2 is 2.21 bits per heavy atom. The van der Waals surface area contributed by atoms with Crippen LogP contribution in [0, 0.1) is 0 Å². The van der Waals surface area contributed by atoms with Crippen molar-refractivity contribution in [3.8, 4) is 0 Å². The summed E-state index contributed by atoms with van der Waals surface area (Å²) in [5.41, 5.74) is 0.244. The van der Waals surface area contributed by atoms with Gasteiger partial charge >= 0.3 is 0 Å². The molecule has 104 valence electrons. The molecule has 2 atom stereocenters. The molecule has 0 spiro atoms. The van der Waals surface area contributed by atoms with Crippen molar-refractivity contribution in [3.05, 3.63) is 34.9 Å². The van der Waals surface area contributed by atoms with Crippen molar-refractivity contribution in [2.45, 2.75) is 31.4 Å². The van der Waals surface area contributed by atoms with Crippen LogP contribution in [0.3, 0.4) is 0 Å². The first-order chi connectivity index (χ1) is 9.01. The van der Waals surface area contributed by atoms with Gasteiger partial charge in [0.05, 0.1) is 11.6 Å². The van der Waals surface area contributed by atoms with Crippen LogP contribution in [0.5, 0.6) is 0 Å². The number of halogens is 1. The maximum Gasteiger partial charge on any atom is 0.240 e. The molecule has 0 radical (unpaired) electrons. The molecule has 1 amide bonds. The van der Waals surface area contributed by atoms with Crippen molar-refractivity contribution in [3.63, 3.8) is 0 Å². The van der Waals surface area contributed by atoms with Gasteiger partial charge in [-0.2, -0.15) is 0 Å². The normalized spacial score (nSPS) is 24.2. The van der Waals surface area contributed by atoms with Gasteiger partial charge in [-0.25, -0.2) is 0 Å². The van der Waals surface area contributed by atoms with E-state index in [1.165, 1.54) is 0 Å². The van der Waals surface area contributed by atoms with E-state index in [4.69, 9.17) is 11.6 Å². The van der Waals surface area contributed by atoms with E-state index < -0.39 is 11.6 Å². The van der Waals surface area contributed by atoms with E-state index in [2.05, 4.69) is 10.6 Å². The Hall–Kier alpha value is -1.10. The summed E-state index contributed by atoms with van der Waals surface area (Å²) in [6, 6.07) is 6.97. The van der Waals surface area contributed by atoms with Crippen molar-refractivity contribution >= 4 is 17.5 Å². The standard InChI is InChI=1S/C14H19ClN2O2/c1-14(7-2-8-17-14)13(19)16-9-12(18)10-3-5-11(15)6-4-10/h3-6,12,17-18H,2,7-9H2,1H3,(H,16,19). The van der Waals surface area contributed by atoms with Gasteiger partial charge in [-0.3, -0.25) is 4.79 Å². The Morgan fingerprint density at radius 1 is 1.53 bits per heavy atom. The number of carbonyl (C=O) groups is 1. The molecule has 0 aromatic heterocycles. The fraction of sp³-hybridized carbons (Fsp3) is 0.500. The number of rotatable bonds is 4. The molecule has 1 fully saturated rings. The second kappa shape index (κ2) is 5.90. The van der Waals surface area contributed by atoms with E-state index >= 15 is 0 Å². The topological polar surface area (TPSA) is 61.4 Å². The fourth-order valence-electron chi connectivity index (χ4n) is 2.28. The Kier molecular flexibility index (Phi) is 4.45. The van der Waals surface area contributed by atoms with Gasteiger partial charge in [0.15, 0.2) is 0 Å². The number of benzene rings is 1. The molecule has 1 aromatic carbocycles. The summed E-state index contributed by atoms with van der Waals surface area (Å²) in [5.74, 6) is -0.0574. The summed E-state index contributed by atoms with van der Waals surface area (Å²) in [5, 5.41) is 16.6. The lowest BCUT2D eigenvalue weighted by atomic mass is 9.99. The van der Waals surface area contributed by atoms with Crippen LogP contribution in [0.4, 0.5) is 0 Å². The summed E-state index contributed by atoms with van der Waals surface area (Å²) < 4.78 is 0. The Morgan fingerprint density at radius 3 is 2.79 bits per heavy atom. The number of carbonyl (C=O) groups excluding carboxylic acids is 1. The van der Waals surface area contributed by atoms with E-state index in [9.17, 15) is 9.90 Å². The zero-order chi connectivity index (χ0) is 13.9. The highest BCUT2D eigenvalue weighted by atomic mass is 35.5. The van der Waals surface area contributed by atoms with Crippen molar-refractivity contribution in [2.75, 3.05) is 13.1 Å². The predicted molar refractivity (Wildman–Crippen MR) is 75.1 cm³/mol. The number of aliphatic hydroxyl groups is 1. The van der Waals surface area contributed by atoms with Crippen LogP contribution < -0.4 is 10.6 Å². The van der Waals surface area contributed by atoms with Crippen molar-refractivity contribution in [2.24, 2.45) is 0 Å². The van der Waals surface area contributed by atoms with Gasteiger partial charge < -0.3 is 15.7 Å². The number of amides is 1. The largest absolute Gasteiger partial charge is 0.387 e. The van der Waals surface area contributed by atoms with Crippen molar-refractivity contribution in [1.29, 1.82) is 0 Å². The van der Waals surface area contributed by atoms with E-state index in [0.29, 0.717) is 5.02 Å². The molecule has 0 aliphatic carbocycles. The lowest BCUT2D eigenvalue weighted by Gasteiger charge is -2.24. The van der Waals surface area contributed by atoms with E-state index in [1.807, 2.05) is 6.92 Å². The average molecular weight is 283 g/mol. The summed E-state index contributed by atoms with van der Waals surface area (Å²) in [4.78, 5) is 12.1. The minimum absolute atomic E-state index is 0.0574. The minimum atomic E-state index is -0.716. The molecule has 3 N–H and O–H groups in total. The van der Waals surface area contributed by atoms with Crippen molar-refractivity contribution in [1.82, 2.24) is 10.6 Å². The summed E-state index contributed by atoms with van der Waals surface area (Å²) in [6.45, 7) is 2.96. The molecule has 0 saturated carbocycles. The van der Waals surface area contributed by atoms with Gasteiger partial charge in [-0.1, -0.05) is 23.7 Å². The maximum absolute atomic E-state index is 12.1. The van der Waals surface area contributed by atoms with Gasteiger partial charge in [0.25, 0.3) is 0 Å². The zero-order valence-corrected chi connectivity index (χ0v) is 11.7. The molecule has 1 heterocycles. The molecule has 2 rings (SSSR count). The smallest absolute Gasteiger partial charge is 0.240 e. The van der Waals surface area contributed by atoms with Crippen LogP contribution in [-0.2, 0) is 4.79 Å². The second-order valence-corrected chi connectivity index (χ2v) is 5.58. The summed E-state index contributed by atoms with van der Waals surface area (Å²) in [7, 11) is 0. The van der Waals surface area contributed by atoms with Gasteiger partial charge in [0.2, 0.25) is 5.91 Å². The predicted octanol–water partition coefficient (Wildman–Crippen LogP) is 1.63. The third-order valence-electron chi connectivity index (χ3n) is 3.58. The number of hydrogen-bond acceptors (Lipinski definition) is 3. The molecule has 5 heteroatoms. The molecule has 1 aromatic rings. The Bertz CT molecular complexity index is 441. The SMILES string of the molecule is CC1(C(=O)NCC(O)c2ccc(Cl)cc2)CCCN1. The van der Waals surface area contributed by atoms with Crippen LogP contribution in [0.1, 0.15) is 31.4 Å².